The summed E-state index contributed by atoms with van der Waals surface area (Å²) < 4.78 is 5.38. The van der Waals surface area contributed by atoms with Crippen LogP contribution in [0.15, 0.2) is 61.2 Å². The van der Waals surface area contributed by atoms with E-state index in [4.69, 9.17) is 16.3 Å². The van der Waals surface area contributed by atoms with Crippen molar-refractivity contribution in [1.82, 2.24) is 4.90 Å². The molecule has 1 N–H and O–H groups in total. The van der Waals surface area contributed by atoms with Crippen LogP contribution in [0.3, 0.4) is 0 Å². The van der Waals surface area contributed by atoms with E-state index in [0.29, 0.717) is 28.8 Å². The molecule has 30 heavy (non-hydrogen) atoms. The minimum atomic E-state index is -0.922. The van der Waals surface area contributed by atoms with E-state index in [2.05, 4.69) is 11.9 Å². The number of imide groups is 1. The Morgan fingerprint density at radius 3 is 2.43 bits per heavy atom. The highest BCUT2D eigenvalue weighted by molar-refractivity contribution is 6.30. The van der Waals surface area contributed by atoms with Gasteiger partial charge in [-0.2, -0.15) is 0 Å². The van der Waals surface area contributed by atoms with Crippen molar-refractivity contribution >= 4 is 40.8 Å². The second-order valence-electron chi connectivity index (χ2n) is 6.60. The van der Waals surface area contributed by atoms with Crippen LogP contribution >= 0.6 is 11.6 Å². The predicted octanol–water partition coefficient (Wildman–Crippen LogP) is 4.09. The standard InChI is InChI=1S/C22H22ClN3O4/c1-3-13-25-19(14-20(27)24-16-7-11-18(12-8-16)30-4-2)21(28)26(22(25)29)17-9-5-15(23)6-10-17/h3,5-12,19H,1,4,13-14H2,2H3,(H,24,27). The maximum Gasteiger partial charge on any atom is 0.332 e. The van der Waals surface area contributed by atoms with Crippen LogP contribution in [0.25, 0.3) is 0 Å². The Morgan fingerprint density at radius 1 is 1.17 bits per heavy atom. The summed E-state index contributed by atoms with van der Waals surface area (Å²) in [6.45, 7) is 6.23. The monoisotopic (exact) mass is 427 g/mol. The summed E-state index contributed by atoms with van der Waals surface area (Å²) in [5, 5.41) is 3.24. The van der Waals surface area contributed by atoms with Gasteiger partial charge in [0.05, 0.1) is 18.7 Å². The molecule has 0 spiro atoms. The van der Waals surface area contributed by atoms with Crippen LogP contribution in [0, 0.1) is 0 Å². The van der Waals surface area contributed by atoms with Crippen LogP contribution < -0.4 is 15.0 Å². The highest BCUT2D eigenvalue weighted by Gasteiger charge is 2.46. The Morgan fingerprint density at radius 2 is 1.83 bits per heavy atom. The topological polar surface area (TPSA) is 79.0 Å². The molecule has 2 aromatic carbocycles. The SMILES string of the molecule is C=CCN1C(=O)N(c2ccc(Cl)cc2)C(=O)C1CC(=O)Nc1ccc(OCC)cc1. The van der Waals surface area contributed by atoms with Crippen LogP contribution in [-0.4, -0.2) is 41.9 Å². The molecule has 0 aliphatic carbocycles. The molecule has 1 atom stereocenters. The van der Waals surface area contributed by atoms with Crippen LogP contribution in [0.2, 0.25) is 5.02 Å². The van der Waals surface area contributed by atoms with Gasteiger partial charge in [0.25, 0.3) is 5.91 Å². The zero-order chi connectivity index (χ0) is 21.7. The number of amides is 4. The minimum Gasteiger partial charge on any atom is -0.494 e. The van der Waals surface area contributed by atoms with Crippen LogP contribution in [0.5, 0.6) is 5.75 Å². The number of urea groups is 1. The average molecular weight is 428 g/mol. The first-order chi connectivity index (χ1) is 14.4. The molecule has 0 bridgehead atoms. The van der Waals surface area contributed by atoms with E-state index >= 15 is 0 Å². The molecule has 0 radical (unpaired) electrons. The van der Waals surface area contributed by atoms with Crippen molar-refractivity contribution in [2.24, 2.45) is 0 Å². The number of anilines is 2. The minimum absolute atomic E-state index is 0.148. The molecule has 8 heteroatoms. The summed E-state index contributed by atoms with van der Waals surface area (Å²) in [4.78, 5) is 40.8. The third kappa shape index (κ3) is 4.63. The van der Waals surface area contributed by atoms with Crippen molar-refractivity contribution in [2.45, 2.75) is 19.4 Å². The second kappa shape index (κ2) is 9.45. The van der Waals surface area contributed by atoms with Crippen molar-refractivity contribution in [2.75, 3.05) is 23.4 Å². The number of ether oxygens (including phenoxy) is 1. The lowest BCUT2D eigenvalue weighted by Crippen LogP contribution is -2.38. The van der Waals surface area contributed by atoms with Gasteiger partial charge in [0, 0.05) is 17.3 Å². The van der Waals surface area contributed by atoms with Gasteiger partial charge in [-0.15, -0.1) is 6.58 Å². The fourth-order valence-electron chi connectivity index (χ4n) is 3.20. The number of carbonyl (C=O) groups is 3. The fourth-order valence-corrected chi connectivity index (χ4v) is 3.32. The average Bonchev–Trinajstić information content (AvgIpc) is 2.95. The van der Waals surface area contributed by atoms with Crippen molar-refractivity contribution in [3.8, 4) is 5.75 Å². The molecule has 0 saturated carbocycles. The van der Waals surface area contributed by atoms with Gasteiger partial charge in [-0.05, 0) is 55.5 Å². The molecule has 1 aliphatic rings. The molecule has 1 fully saturated rings. The number of benzene rings is 2. The summed E-state index contributed by atoms with van der Waals surface area (Å²) in [7, 11) is 0. The first-order valence-electron chi connectivity index (χ1n) is 9.48. The maximum absolute atomic E-state index is 13.0. The molecule has 3 rings (SSSR count). The number of hydrogen-bond donors (Lipinski definition) is 1. The maximum atomic E-state index is 13.0. The molecule has 1 heterocycles. The van der Waals surface area contributed by atoms with Crippen LogP contribution in [0.1, 0.15) is 13.3 Å². The first-order valence-corrected chi connectivity index (χ1v) is 9.86. The van der Waals surface area contributed by atoms with E-state index in [9.17, 15) is 14.4 Å². The number of halogens is 1. The van der Waals surface area contributed by atoms with Crippen molar-refractivity contribution in [3.05, 3.63) is 66.2 Å². The molecule has 1 unspecified atom stereocenters. The van der Waals surface area contributed by atoms with Gasteiger partial charge in [0.15, 0.2) is 0 Å². The molecule has 0 aromatic heterocycles. The number of hydrogen-bond acceptors (Lipinski definition) is 4. The summed E-state index contributed by atoms with van der Waals surface area (Å²) >= 11 is 5.90. The lowest BCUT2D eigenvalue weighted by atomic mass is 10.1. The Hall–Kier alpha value is -3.32. The summed E-state index contributed by atoms with van der Waals surface area (Å²) in [6.07, 6.45) is 1.35. The predicted molar refractivity (Wildman–Crippen MR) is 116 cm³/mol. The van der Waals surface area contributed by atoms with E-state index in [1.165, 1.54) is 11.0 Å². The third-order valence-corrected chi connectivity index (χ3v) is 4.81. The number of carbonyl (C=O) groups excluding carboxylic acids is 3. The zero-order valence-electron chi connectivity index (χ0n) is 16.5. The van der Waals surface area contributed by atoms with E-state index in [1.54, 1.807) is 48.5 Å². The van der Waals surface area contributed by atoms with Crippen LogP contribution in [0.4, 0.5) is 16.2 Å². The largest absolute Gasteiger partial charge is 0.494 e. The molecule has 4 amide bonds. The van der Waals surface area contributed by atoms with Gasteiger partial charge >= 0.3 is 6.03 Å². The molecule has 2 aromatic rings. The third-order valence-electron chi connectivity index (χ3n) is 4.56. The Balaban J connectivity index is 1.74. The normalized spacial score (nSPS) is 16.0. The Labute approximate surface area is 179 Å². The number of nitrogens with one attached hydrogen (secondary N) is 1. The quantitative estimate of drug-likeness (QED) is 0.508. The van der Waals surface area contributed by atoms with Gasteiger partial charge in [-0.25, -0.2) is 9.69 Å². The van der Waals surface area contributed by atoms with E-state index in [0.717, 1.165) is 4.90 Å². The first kappa shape index (κ1) is 21.4. The molecular formula is C22H22ClN3O4. The lowest BCUT2D eigenvalue weighted by Gasteiger charge is -2.19. The van der Waals surface area contributed by atoms with Crippen molar-refractivity contribution in [3.63, 3.8) is 0 Å². The summed E-state index contributed by atoms with van der Waals surface area (Å²) in [5.74, 6) is -0.147. The van der Waals surface area contributed by atoms with Crippen LogP contribution in [-0.2, 0) is 9.59 Å². The van der Waals surface area contributed by atoms with Crippen molar-refractivity contribution in [1.29, 1.82) is 0 Å². The second-order valence-corrected chi connectivity index (χ2v) is 7.04. The summed E-state index contributed by atoms with van der Waals surface area (Å²) in [5.41, 5.74) is 0.975. The van der Waals surface area contributed by atoms with Gasteiger partial charge < -0.3 is 15.0 Å². The van der Waals surface area contributed by atoms with E-state index < -0.39 is 18.0 Å². The Kier molecular flexibility index (Phi) is 6.74. The number of rotatable bonds is 8. The van der Waals surface area contributed by atoms with Gasteiger partial charge in [-0.3, -0.25) is 9.59 Å². The van der Waals surface area contributed by atoms with Gasteiger partial charge in [0.1, 0.15) is 11.8 Å². The molecule has 1 saturated heterocycles. The molecule has 1 aliphatic heterocycles. The lowest BCUT2D eigenvalue weighted by molar-refractivity contribution is -0.124. The molecule has 7 nitrogen and oxygen atoms in total. The van der Waals surface area contributed by atoms with Crippen molar-refractivity contribution < 1.29 is 19.1 Å². The Bertz CT molecular complexity index is 944. The highest BCUT2D eigenvalue weighted by Crippen LogP contribution is 2.28. The number of nitrogens with zero attached hydrogens (tertiary/aromatic N) is 2. The zero-order valence-corrected chi connectivity index (χ0v) is 17.3. The van der Waals surface area contributed by atoms with Gasteiger partial charge in [-0.1, -0.05) is 17.7 Å². The van der Waals surface area contributed by atoms with E-state index in [1.807, 2.05) is 6.92 Å². The fraction of sp³-hybridized carbons (Fsp3) is 0.227. The van der Waals surface area contributed by atoms with Gasteiger partial charge in [0.2, 0.25) is 5.91 Å². The summed E-state index contributed by atoms with van der Waals surface area (Å²) in [6, 6.07) is 11.9. The molecular weight excluding hydrogens is 406 g/mol. The van der Waals surface area contributed by atoms with E-state index in [-0.39, 0.29) is 18.9 Å². The smallest absolute Gasteiger partial charge is 0.332 e. The highest BCUT2D eigenvalue weighted by atomic mass is 35.5. The molecule has 156 valence electrons.